The lowest BCUT2D eigenvalue weighted by Gasteiger charge is -2.35. The molecule has 37 heavy (non-hydrogen) atoms. The van der Waals surface area contributed by atoms with Gasteiger partial charge < -0.3 is 21.4 Å². The number of pyridine rings is 1. The van der Waals surface area contributed by atoms with Gasteiger partial charge in [-0.25, -0.2) is 9.97 Å². The third kappa shape index (κ3) is 4.71. The highest BCUT2D eigenvalue weighted by atomic mass is 15.2. The summed E-state index contributed by atoms with van der Waals surface area (Å²) in [5.74, 6) is 0.964. The van der Waals surface area contributed by atoms with E-state index in [9.17, 15) is 0 Å². The molecule has 0 atom stereocenters. The summed E-state index contributed by atoms with van der Waals surface area (Å²) in [6, 6.07) is 19.9. The maximum absolute atomic E-state index is 8.61. The van der Waals surface area contributed by atoms with Crippen molar-refractivity contribution in [2.45, 2.75) is 20.3 Å². The van der Waals surface area contributed by atoms with E-state index in [0.29, 0.717) is 35.9 Å². The predicted octanol–water partition coefficient (Wildman–Crippen LogP) is 5.63. The van der Waals surface area contributed by atoms with E-state index in [1.54, 1.807) is 0 Å². The number of nitrogens with one attached hydrogen (secondary N) is 2. The average molecular weight is 488 g/mol. The Hall–Kier alpha value is -4.78. The van der Waals surface area contributed by atoms with Crippen LogP contribution < -0.4 is 16.0 Å². The van der Waals surface area contributed by atoms with Crippen LogP contribution in [0.5, 0.6) is 0 Å². The highest BCUT2D eigenvalue weighted by Gasteiger charge is 2.26. The van der Waals surface area contributed by atoms with Gasteiger partial charge in [-0.1, -0.05) is 55.1 Å². The van der Waals surface area contributed by atoms with Crippen molar-refractivity contribution in [1.82, 2.24) is 15.0 Å². The third-order valence-corrected chi connectivity index (χ3v) is 6.59. The number of benzene rings is 2. The van der Waals surface area contributed by atoms with E-state index < -0.39 is 0 Å². The number of rotatable bonds is 7. The molecule has 7 nitrogen and oxygen atoms in total. The molecule has 0 radical (unpaired) electrons. The van der Waals surface area contributed by atoms with E-state index >= 15 is 0 Å². The first-order valence-corrected chi connectivity index (χ1v) is 12.1. The minimum absolute atomic E-state index is 0.315. The molecule has 0 saturated heterocycles. The molecule has 4 aromatic rings. The predicted molar refractivity (Wildman–Crippen MR) is 152 cm³/mol. The minimum Gasteiger partial charge on any atom is -0.383 e. The Morgan fingerprint density at radius 2 is 1.73 bits per heavy atom. The van der Waals surface area contributed by atoms with Crippen LogP contribution in [0.1, 0.15) is 33.5 Å². The second-order valence-electron chi connectivity index (χ2n) is 9.05. The molecule has 0 unspecified atom stereocenters. The Balaban J connectivity index is 1.49. The largest absolute Gasteiger partial charge is 0.383 e. The summed E-state index contributed by atoms with van der Waals surface area (Å²) in [7, 11) is 0. The molecular formula is C30H29N7. The summed E-state index contributed by atoms with van der Waals surface area (Å²) in [4.78, 5) is 15.5. The number of aromatic nitrogens is 3. The number of hydrogen-bond acceptors (Lipinski definition) is 7. The van der Waals surface area contributed by atoms with Gasteiger partial charge in [0.15, 0.2) is 0 Å². The fourth-order valence-corrected chi connectivity index (χ4v) is 4.66. The van der Waals surface area contributed by atoms with Crippen LogP contribution >= 0.6 is 0 Å². The van der Waals surface area contributed by atoms with Gasteiger partial charge in [0.25, 0.3) is 0 Å². The van der Waals surface area contributed by atoms with Crippen molar-refractivity contribution in [3.05, 3.63) is 119 Å². The lowest BCUT2D eigenvalue weighted by molar-refractivity contribution is 1.03. The van der Waals surface area contributed by atoms with E-state index in [0.717, 1.165) is 45.0 Å². The van der Waals surface area contributed by atoms with E-state index in [1.165, 1.54) is 6.33 Å². The van der Waals surface area contributed by atoms with Crippen LogP contribution in [0, 0.1) is 19.3 Å². The second-order valence-corrected chi connectivity index (χ2v) is 9.05. The molecular weight excluding hydrogens is 458 g/mol. The number of nitrogen functional groups attached to an aromatic ring is 1. The Kier molecular flexibility index (Phi) is 6.51. The molecule has 184 valence electrons. The molecule has 0 amide bonds. The number of hydrogen-bond donors (Lipinski definition) is 3. The van der Waals surface area contributed by atoms with Gasteiger partial charge in [0, 0.05) is 46.5 Å². The normalized spacial score (nSPS) is 12.6. The lowest BCUT2D eigenvalue weighted by Crippen LogP contribution is -2.29. The minimum atomic E-state index is 0.315. The summed E-state index contributed by atoms with van der Waals surface area (Å²) in [5.41, 5.74) is 15.4. The fraction of sp³-hybridized carbons (Fsp3) is 0.133. The van der Waals surface area contributed by atoms with Gasteiger partial charge in [0.1, 0.15) is 18.0 Å². The number of aryl methyl sites for hydroxylation is 2. The van der Waals surface area contributed by atoms with Crippen molar-refractivity contribution in [3.63, 3.8) is 0 Å². The van der Waals surface area contributed by atoms with E-state index in [4.69, 9.17) is 11.1 Å². The van der Waals surface area contributed by atoms with Gasteiger partial charge in [0.2, 0.25) is 0 Å². The Morgan fingerprint density at radius 3 is 2.51 bits per heavy atom. The van der Waals surface area contributed by atoms with Crippen molar-refractivity contribution < 1.29 is 0 Å². The maximum atomic E-state index is 8.61. The van der Waals surface area contributed by atoms with Crippen molar-refractivity contribution in [2.24, 2.45) is 0 Å². The summed E-state index contributed by atoms with van der Waals surface area (Å²) in [6.07, 6.45) is 5.67. The zero-order chi connectivity index (χ0) is 25.9. The first kappa shape index (κ1) is 23.9. The number of anilines is 3. The summed E-state index contributed by atoms with van der Waals surface area (Å²) in [6.45, 7) is 9.09. The van der Waals surface area contributed by atoms with Crippen LogP contribution in [0.2, 0.25) is 0 Å². The Bertz CT molecular complexity index is 1520. The molecule has 3 heterocycles. The van der Waals surface area contributed by atoms with Gasteiger partial charge in [-0.3, -0.25) is 4.98 Å². The van der Waals surface area contributed by atoms with Crippen LogP contribution in [0.4, 0.5) is 17.3 Å². The zero-order valence-electron chi connectivity index (χ0n) is 21.0. The molecule has 4 N–H and O–H groups in total. The van der Waals surface area contributed by atoms with Gasteiger partial charge >= 0.3 is 0 Å². The molecule has 0 saturated carbocycles. The quantitative estimate of drug-likeness (QED) is 0.292. The molecule has 5 rings (SSSR count). The Morgan fingerprint density at radius 1 is 0.973 bits per heavy atom. The summed E-state index contributed by atoms with van der Waals surface area (Å²) >= 11 is 0. The number of nitrogens with two attached hydrogens (primary N) is 1. The second kappa shape index (κ2) is 10.1. The third-order valence-electron chi connectivity index (χ3n) is 6.59. The number of fused-ring (bicyclic) bond motifs is 1. The Labute approximate surface area is 216 Å². The standard InChI is InChI=1S/C30H29N7/c1-19-9-7-8-12-27(19)37-21(3)28-20(2)13-14-33-26(28)15-23(37)17-34-30-24(29(32)35-18-36-30)16-25(31)22-10-5-4-6-11-22/h4-15,18,31H,3,16-17H2,1-2H3,(H3,32,34,35,36). The van der Waals surface area contributed by atoms with Crippen molar-refractivity contribution in [1.29, 1.82) is 5.41 Å². The SMILES string of the molecule is C=C1c2c(C)ccnc2C=C(CNc2ncnc(N)c2CC(=N)c2ccccc2)N1c1ccccc1C. The molecule has 0 fully saturated rings. The lowest BCUT2D eigenvalue weighted by atomic mass is 9.97. The number of para-hydroxylation sites is 1. The molecule has 0 aliphatic carbocycles. The van der Waals surface area contributed by atoms with Gasteiger partial charge in [-0.15, -0.1) is 0 Å². The van der Waals surface area contributed by atoms with E-state index in [2.05, 4.69) is 63.8 Å². The summed E-state index contributed by atoms with van der Waals surface area (Å²) in [5, 5.41) is 12.1. The van der Waals surface area contributed by atoms with Crippen molar-refractivity contribution in [2.75, 3.05) is 22.5 Å². The van der Waals surface area contributed by atoms with Gasteiger partial charge in [-0.05, 0) is 48.7 Å². The van der Waals surface area contributed by atoms with E-state index in [1.807, 2.05) is 54.7 Å². The monoisotopic (exact) mass is 487 g/mol. The first-order chi connectivity index (χ1) is 17.9. The van der Waals surface area contributed by atoms with Crippen LogP contribution in [-0.4, -0.2) is 27.2 Å². The van der Waals surface area contributed by atoms with Gasteiger partial charge in [-0.2, -0.15) is 0 Å². The molecule has 2 aromatic heterocycles. The molecule has 1 aliphatic heterocycles. The molecule has 0 bridgehead atoms. The topological polar surface area (TPSA) is 104 Å². The van der Waals surface area contributed by atoms with Gasteiger partial charge in [0.05, 0.1) is 12.2 Å². The van der Waals surface area contributed by atoms with Crippen LogP contribution in [-0.2, 0) is 6.42 Å². The average Bonchev–Trinajstić information content (AvgIpc) is 2.90. The first-order valence-electron chi connectivity index (χ1n) is 12.1. The zero-order valence-corrected chi connectivity index (χ0v) is 21.0. The van der Waals surface area contributed by atoms with Crippen LogP contribution in [0.25, 0.3) is 11.8 Å². The molecule has 2 aromatic carbocycles. The highest BCUT2D eigenvalue weighted by molar-refractivity contribution is 6.00. The molecule has 1 aliphatic rings. The molecule has 0 spiro atoms. The van der Waals surface area contributed by atoms with Crippen LogP contribution in [0.3, 0.4) is 0 Å². The van der Waals surface area contributed by atoms with Crippen molar-refractivity contribution >= 4 is 34.8 Å². The fourth-order valence-electron chi connectivity index (χ4n) is 4.66. The maximum Gasteiger partial charge on any atom is 0.135 e. The van der Waals surface area contributed by atoms with Crippen LogP contribution in [0.15, 0.2) is 85.5 Å². The highest BCUT2D eigenvalue weighted by Crippen LogP contribution is 2.38. The van der Waals surface area contributed by atoms with Crippen molar-refractivity contribution in [3.8, 4) is 0 Å². The number of nitrogens with zero attached hydrogens (tertiary/aromatic N) is 4. The molecule has 7 heteroatoms. The summed E-state index contributed by atoms with van der Waals surface area (Å²) < 4.78 is 0. The van der Waals surface area contributed by atoms with E-state index in [-0.39, 0.29) is 0 Å². The smallest absolute Gasteiger partial charge is 0.135 e.